The molecule has 1 N–H and O–H groups in total. The molecule has 1 aromatic heterocycles. The zero-order valence-corrected chi connectivity index (χ0v) is 13.1. The molecule has 0 atom stereocenters. The molecule has 0 saturated heterocycles. The van der Waals surface area contributed by atoms with E-state index < -0.39 is 0 Å². The molecule has 2 heterocycles. The van der Waals surface area contributed by atoms with Gasteiger partial charge in [0, 0.05) is 41.0 Å². The second-order valence-corrected chi connectivity index (χ2v) is 5.61. The van der Waals surface area contributed by atoms with Gasteiger partial charge in [0.25, 0.3) is 11.8 Å². The van der Waals surface area contributed by atoms with Gasteiger partial charge in [-0.15, -0.1) is 0 Å². The minimum atomic E-state index is -0.222. The highest BCUT2D eigenvalue weighted by atomic mass is 16.2. The molecule has 0 radical (unpaired) electrons. The van der Waals surface area contributed by atoms with E-state index >= 15 is 0 Å². The van der Waals surface area contributed by atoms with E-state index in [9.17, 15) is 9.59 Å². The zero-order valence-electron chi connectivity index (χ0n) is 13.1. The Labute approximate surface area is 138 Å². The quantitative estimate of drug-likeness (QED) is 0.804. The molecule has 2 amide bonds. The van der Waals surface area contributed by atoms with Crippen molar-refractivity contribution in [1.82, 2.24) is 4.98 Å². The highest BCUT2D eigenvalue weighted by Gasteiger charge is 2.29. The summed E-state index contributed by atoms with van der Waals surface area (Å²) in [5, 5.41) is 4.69. The highest BCUT2D eigenvalue weighted by molar-refractivity contribution is 6.27. The molecule has 1 aliphatic heterocycles. The van der Waals surface area contributed by atoms with Crippen molar-refractivity contribution in [2.45, 2.75) is 6.92 Å². The average Bonchev–Trinajstić information content (AvgIpc) is 2.91. The number of carbonyl (C=O) groups is 2. The Bertz CT molecular complexity index is 967. The van der Waals surface area contributed by atoms with Gasteiger partial charge < -0.3 is 10.2 Å². The topological polar surface area (TPSA) is 62.3 Å². The van der Waals surface area contributed by atoms with Gasteiger partial charge in [-0.3, -0.25) is 14.6 Å². The molecule has 5 heteroatoms. The first kappa shape index (κ1) is 14.4. The molecule has 4 rings (SSSR count). The predicted molar refractivity (Wildman–Crippen MR) is 93.5 cm³/mol. The Hall–Kier alpha value is -3.21. The monoisotopic (exact) mass is 317 g/mol. The lowest BCUT2D eigenvalue weighted by molar-refractivity contribution is 0.0992. The maximum Gasteiger partial charge on any atom is 0.258 e. The Morgan fingerprint density at radius 2 is 2.04 bits per heavy atom. The molecule has 0 fully saturated rings. The number of hydrogen-bond donors (Lipinski definition) is 1. The van der Waals surface area contributed by atoms with Crippen molar-refractivity contribution in [3.05, 3.63) is 66.0 Å². The number of rotatable bonds is 3. The van der Waals surface area contributed by atoms with Crippen LogP contribution in [0.2, 0.25) is 0 Å². The van der Waals surface area contributed by atoms with Crippen LogP contribution in [0, 0.1) is 0 Å². The van der Waals surface area contributed by atoms with Crippen LogP contribution in [0.1, 0.15) is 27.6 Å². The number of hydrogen-bond acceptors (Lipinski definition) is 3. The van der Waals surface area contributed by atoms with Crippen LogP contribution in [0.3, 0.4) is 0 Å². The summed E-state index contributed by atoms with van der Waals surface area (Å²) in [6.45, 7) is 2.57. The van der Waals surface area contributed by atoms with Gasteiger partial charge in [0.05, 0.1) is 11.3 Å². The molecule has 3 aromatic rings. The molecule has 2 aromatic carbocycles. The fourth-order valence-electron chi connectivity index (χ4n) is 3.16. The van der Waals surface area contributed by atoms with Gasteiger partial charge in [-0.25, -0.2) is 0 Å². The Balaban J connectivity index is 1.81. The van der Waals surface area contributed by atoms with E-state index in [4.69, 9.17) is 0 Å². The first-order chi connectivity index (χ1) is 11.7. The molecule has 1 aliphatic rings. The van der Waals surface area contributed by atoms with Gasteiger partial charge >= 0.3 is 0 Å². The van der Waals surface area contributed by atoms with E-state index in [2.05, 4.69) is 10.3 Å². The lowest BCUT2D eigenvalue weighted by Crippen LogP contribution is -2.25. The van der Waals surface area contributed by atoms with Crippen molar-refractivity contribution in [2.75, 3.05) is 16.8 Å². The number of nitrogens with one attached hydrogen (secondary N) is 1. The van der Waals surface area contributed by atoms with Crippen LogP contribution in [0.4, 0.5) is 11.4 Å². The van der Waals surface area contributed by atoms with E-state index in [0.717, 1.165) is 16.5 Å². The maximum atomic E-state index is 12.5. The number of amides is 2. The maximum absolute atomic E-state index is 12.5. The number of pyridine rings is 1. The standard InChI is InChI=1S/C19H15N3O2/c1-2-22-16-9-8-15(21-18(23)12-5-4-10-20-11-12)13-6-3-7-14(17(13)16)19(22)24/h3-11H,2H2,1H3,(H,21,23). The lowest BCUT2D eigenvalue weighted by atomic mass is 10.0. The number of benzene rings is 2. The summed E-state index contributed by atoms with van der Waals surface area (Å²) in [4.78, 5) is 30.6. The van der Waals surface area contributed by atoms with Crippen molar-refractivity contribution < 1.29 is 9.59 Å². The van der Waals surface area contributed by atoms with Crippen molar-refractivity contribution in [3.63, 3.8) is 0 Å². The van der Waals surface area contributed by atoms with Gasteiger partial charge in [0.1, 0.15) is 0 Å². The number of aromatic nitrogens is 1. The molecular formula is C19H15N3O2. The van der Waals surface area contributed by atoms with Gasteiger partial charge in [0.15, 0.2) is 0 Å². The molecule has 5 nitrogen and oxygen atoms in total. The van der Waals surface area contributed by atoms with Crippen molar-refractivity contribution >= 4 is 34.0 Å². The summed E-state index contributed by atoms with van der Waals surface area (Å²) in [5.41, 5.74) is 2.76. The van der Waals surface area contributed by atoms with E-state index in [1.807, 2.05) is 37.3 Å². The van der Waals surface area contributed by atoms with Crippen molar-refractivity contribution in [2.24, 2.45) is 0 Å². The van der Waals surface area contributed by atoms with E-state index in [1.54, 1.807) is 23.2 Å². The Kier molecular flexibility index (Phi) is 3.27. The summed E-state index contributed by atoms with van der Waals surface area (Å²) < 4.78 is 0. The van der Waals surface area contributed by atoms with Crippen LogP contribution < -0.4 is 10.2 Å². The smallest absolute Gasteiger partial charge is 0.258 e. The Morgan fingerprint density at radius 1 is 1.17 bits per heavy atom. The zero-order chi connectivity index (χ0) is 16.7. The largest absolute Gasteiger partial charge is 0.321 e. The fourth-order valence-corrected chi connectivity index (χ4v) is 3.16. The van der Waals surface area contributed by atoms with Crippen molar-refractivity contribution in [1.29, 1.82) is 0 Å². The minimum Gasteiger partial charge on any atom is -0.321 e. The molecule has 118 valence electrons. The van der Waals surface area contributed by atoms with Gasteiger partial charge in [-0.2, -0.15) is 0 Å². The van der Waals surface area contributed by atoms with Gasteiger partial charge in [0.2, 0.25) is 0 Å². The summed E-state index contributed by atoms with van der Waals surface area (Å²) in [7, 11) is 0. The summed E-state index contributed by atoms with van der Waals surface area (Å²) in [6, 6.07) is 12.8. The van der Waals surface area contributed by atoms with Crippen LogP contribution in [-0.2, 0) is 0 Å². The summed E-state index contributed by atoms with van der Waals surface area (Å²) in [5.74, 6) is -0.214. The lowest BCUT2D eigenvalue weighted by Gasteiger charge is -2.15. The highest BCUT2D eigenvalue weighted by Crippen LogP contribution is 2.40. The molecule has 0 bridgehead atoms. The summed E-state index contributed by atoms with van der Waals surface area (Å²) >= 11 is 0. The van der Waals surface area contributed by atoms with Crippen molar-refractivity contribution in [3.8, 4) is 0 Å². The predicted octanol–water partition coefficient (Wildman–Crippen LogP) is 3.47. The average molecular weight is 317 g/mol. The first-order valence-electron chi connectivity index (χ1n) is 7.79. The third-order valence-corrected chi connectivity index (χ3v) is 4.27. The summed E-state index contributed by atoms with van der Waals surface area (Å²) in [6.07, 6.45) is 3.15. The van der Waals surface area contributed by atoms with Crippen LogP contribution >= 0.6 is 0 Å². The number of nitrogens with zero attached hydrogens (tertiary/aromatic N) is 2. The third-order valence-electron chi connectivity index (χ3n) is 4.27. The molecule has 0 unspecified atom stereocenters. The normalized spacial score (nSPS) is 12.7. The van der Waals surface area contributed by atoms with Gasteiger partial charge in [-0.05, 0) is 37.3 Å². The Morgan fingerprint density at radius 3 is 2.79 bits per heavy atom. The van der Waals surface area contributed by atoms with E-state index in [1.165, 1.54) is 6.20 Å². The number of carbonyl (C=O) groups excluding carboxylic acids is 2. The molecule has 0 saturated carbocycles. The van der Waals surface area contributed by atoms with Crippen LogP contribution in [0.5, 0.6) is 0 Å². The number of anilines is 2. The van der Waals surface area contributed by atoms with Crippen LogP contribution in [-0.4, -0.2) is 23.3 Å². The first-order valence-corrected chi connectivity index (χ1v) is 7.79. The van der Waals surface area contributed by atoms with E-state index in [-0.39, 0.29) is 11.8 Å². The fraction of sp³-hybridized carbons (Fsp3) is 0.105. The molecule has 0 aliphatic carbocycles. The van der Waals surface area contributed by atoms with Gasteiger partial charge in [-0.1, -0.05) is 12.1 Å². The molecule has 24 heavy (non-hydrogen) atoms. The third kappa shape index (κ3) is 2.06. The SMILES string of the molecule is CCN1C(=O)c2cccc3c(NC(=O)c4cccnc4)ccc1c23. The molecular weight excluding hydrogens is 302 g/mol. The second kappa shape index (κ2) is 5.45. The van der Waals surface area contributed by atoms with Crippen LogP contribution in [0.25, 0.3) is 10.8 Å². The van der Waals surface area contributed by atoms with E-state index in [0.29, 0.717) is 23.4 Å². The van der Waals surface area contributed by atoms with Crippen LogP contribution in [0.15, 0.2) is 54.9 Å². The molecule has 0 spiro atoms. The second-order valence-electron chi connectivity index (χ2n) is 5.61. The minimum absolute atomic E-state index is 0.00818.